The molecule has 4 rings (SSSR count). The third-order valence-corrected chi connectivity index (χ3v) is 4.09. The van der Waals surface area contributed by atoms with Gasteiger partial charge in [-0.2, -0.15) is 0 Å². The number of aromatic nitrogens is 2. The standard InChI is InChI=1S/C18H15N5O3/c24-15-9-19-18(26)23(15)10-11-4-3-5-12(8-11)16(25)22-17-20-13-6-1-2-7-14(13)21-17/h1-8H,9-10H2,(H,19,26)(H2,20,21,22,25). The summed E-state index contributed by atoms with van der Waals surface area (Å²) in [7, 11) is 0. The third-order valence-electron chi connectivity index (χ3n) is 4.09. The lowest BCUT2D eigenvalue weighted by atomic mass is 10.1. The van der Waals surface area contributed by atoms with Gasteiger partial charge >= 0.3 is 6.03 Å². The van der Waals surface area contributed by atoms with Crippen molar-refractivity contribution in [2.24, 2.45) is 0 Å². The maximum absolute atomic E-state index is 12.5. The van der Waals surface area contributed by atoms with E-state index in [0.717, 1.165) is 15.9 Å². The van der Waals surface area contributed by atoms with Gasteiger partial charge < -0.3 is 10.3 Å². The minimum absolute atomic E-state index is 0.00502. The SMILES string of the molecule is O=C(Nc1nc2ccccc2[nH]1)c1cccc(CN2C(=O)CNC2=O)c1. The molecule has 0 aliphatic carbocycles. The first kappa shape index (κ1) is 15.8. The smallest absolute Gasteiger partial charge is 0.324 e. The molecular weight excluding hydrogens is 334 g/mol. The molecule has 0 saturated carbocycles. The van der Waals surface area contributed by atoms with E-state index in [2.05, 4.69) is 20.6 Å². The highest BCUT2D eigenvalue weighted by atomic mass is 16.2. The Bertz CT molecular complexity index is 977. The Kier molecular flexibility index (Phi) is 3.85. The number of fused-ring (bicyclic) bond motifs is 1. The van der Waals surface area contributed by atoms with Gasteiger partial charge in [0.05, 0.1) is 24.1 Å². The van der Waals surface area contributed by atoms with Crippen molar-refractivity contribution in [1.82, 2.24) is 20.2 Å². The van der Waals surface area contributed by atoms with E-state index in [1.807, 2.05) is 24.3 Å². The molecule has 0 unspecified atom stereocenters. The Balaban J connectivity index is 1.51. The van der Waals surface area contributed by atoms with E-state index in [9.17, 15) is 14.4 Å². The van der Waals surface area contributed by atoms with Crippen LogP contribution in [0.15, 0.2) is 48.5 Å². The largest absolute Gasteiger partial charge is 0.329 e. The molecule has 8 heteroatoms. The minimum Gasteiger partial charge on any atom is -0.329 e. The number of rotatable bonds is 4. The molecule has 1 fully saturated rings. The summed E-state index contributed by atoms with van der Waals surface area (Å²) in [6, 6.07) is 13.8. The Morgan fingerprint density at radius 3 is 2.77 bits per heavy atom. The van der Waals surface area contributed by atoms with E-state index in [-0.39, 0.29) is 24.9 Å². The van der Waals surface area contributed by atoms with E-state index in [1.54, 1.807) is 24.3 Å². The summed E-state index contributed by atoms with van der Waals surface area (Å²) < 4.78 is 0. The molecule has 3 aromatic rings. The molecule has 0 atom stereocenters. The lowest BCUT2D eigenvalue weighted by molar-refractivity contribution is -0.125. The van der Waals surface area contributed by atoms with Gasteiger partial charge in [0.2, 0.25) is 11.9 Å². The first-order valence-electron chi connectivity index (χ1n) is 8.03. The first-order valence-corrected chi connectivity index (χ1v) is 8.03. The quantitative estimate of drug-likeness (QED) is 0.625. The highest BCUT2D eigenvalue weighted by molar-refractivity contribution is 6.04. The van der Waals surface area contributed by atoms with E-state index >= 15 is 0 Å². The number of para-hydroxylation sites is 2. The highest BCUT2D eigenvalue weighted by Crippen LogP contribution is 2.15. The van der Waals surface area contributed by atoms with Crippen LogP contribution in [0.5, 0.6) is 0 Å². The number of nitrogens with zero attached hydrogens (tertiary/aromatic N) is 2. The van der Waals surface area contributed by atoms with Gasteiger partial charge in [-0.1, -0.05) is 24.3 Å². The zero-order valence-electron chi connectivity index (χ0n) is 13.7. The van der Waals surface area contributed by atoms with Crippen LogP contribution in [0.3, 0.4) is 0 Å². The molecular formula is C18H15N5O3. The Morgan fingerprint density at radius 2 is 2.00 bits per heavy atom. The topological polar surface area (TPSA) is 107 Å². The average molecular weight is 349 g/mol. The van der Waals surface area contributed by atoms with Gasteiger partial charge in [-0.05, 0) is 29.8 Å². The Morgan fingerprint density at radius 1 is 1.15 bits per heavy atom. The summed E-state index contributed by atoms with van der Waals surface area (Å²) in [6.07, 6.45) is 0. The lowest BCUT2D eigenvalue weighted by Crippen LogP contribution is -2.30. The van der Waals surface area contributed by atoms with Crippen LogP contribution in [-0.2, 0) is 11.3 Å². The van der Waals surface area contributed by atoms with Gasteiger partial charge in [0.25, 0.3) is 5.91 Å². The fourth-order valence-corrected chi connectivity index (χ4v) is 2.80. The molecule has 1 aliphatic heterocycles. The molecule has 1 aliphatic rings. The zero-order valence-corrected chi connectivity index (χ0v) is 13.7. The number of anilines is 1. The third kappa shape index (κ3) is 3.00. The summed E-state index contributed by atoms with van der Waals surface area (Å²) in [5, 5.41) is 5.19. The second kappa shape index (κ2) is 6.32. The summed E-state index contributed by atoms with van der Waals surface area (Å²) >= 11 is 0. The molecule has 4 amide bonds. The number of carbonyl (C=O) groups excluding carboxylic acids is 3. The number of H-pyrrole nitrogens is 1. The summed E-state index contributed by atoms with van der Waals surface area (Å²) in [4.78, 5) is 44.3. The molecule has 130 valence electrons. The number of benzene rings is 2. The van der Waals surface area contributed by atoms with Crippen molar-refractivity contribution in [3.05, 3.63) is 59.7 Å². The van der Waals surface area contributed by atoms with Crippen molar-refractivity contribution >= 4 is 34.8 Å². The number of hydrogen-bond donors (Lipinski definition) is 3. The summed E-state index contributed by atoms with van der Waals surface area (Å²) in [5.74, 6) is -0.258. The van der Waals surface area contributed by atoms with E-state index in [1.165, 1.54) is 0 Å². The van der Waals surface area contributed by atoms with Crippen LogP contribution in [0, 0.1) is 0 Å². The van der Waals surface area contributed by atoms with Gasteiger partial charge in [0, 0.05) is 5.56 Å². The first-order chi connectivity index (χ1) is 12.6. The van der Waals surface area contributed by atoms with Gasteiger partial charge in [-0.15, -0.1) is 0 Å². The van der Waals surface area contributed by atoms with Crippen molar-refractivity contribution in [2.45, 2.75) is 6.54 Å². The van der Waals surface area contributed by atoms with Crippen LogP contribution >= 0.6 is 0 Å². The van der Waals surface area contributed by atoms with Crippen molar-refractivity contribution in [3.63, 3.8) is 0 Å². The molecule has 0 spiro atoms. The Hall–Kier alpha value is -3.68. The van der Waals surface area contributed by atoms with Crippen molar-refractivity contribution in [2.75, 3.05) is 11.9 Å². The number of urea groups is 1. The van der Waals surface area contributed by atoms with E-state index in [4.69, 9.17) is 0 Å². The maximum Gasteiger partial charge on any atom is 0.324 e. The van der Waals surface area contributed by atoms with Crippen molar-refractivity contribution in [3.8, 4) is 0 Å². The monoisotopic (exact) mass is 349 g/mol. The van der Waals surface area contributed by atoms with Crippen LogP contribution in [0.4, 0.5) is 10.7 Å². The van der Waals surface area contributed by atoms with Crippen molar-refractivity contribution in [1.29, 1.82) is 0 Å². The molecule has 8 nitrogen and oxygen atoms in total. The number of carbonyl (C=O) groups is 3. The predicted molar refractivity (Wildman–Crippen MR) is 94.4 cm³/mol. The number of amides is 4. The number of imidazole rings is 1. The summed E-state index contributed by atoms with van der Waals surface area (Å²) in [6.45, 7) is 0.126. The number of nitrogens with one attached hydrogen (secondary N) is 3. The number of aromatic amines is 1. The molecule has 2 heterocycles. The van der Waals surface area contributed by atoms with E-state index < -0.39 is 6.03 Å². The van der Waals surface area contributed by atoms with Crippen LogP contribution in [-0.4, -0.2) is 39.3 Å². The van der Waals surface area contributed by atoms with Crippen LogP contribution in [0.1, 0.15) is 15.9 Å². The summed E-state index contributed by atoms with van der Waals surface area (Å²) in [5.41, 5.74) is 2.69. The fraction of sp³-hybridized carbons (Fsp3) is 0.111. The van der Waals surface area contributed by atoms with Gasteiger partial charge in [-0.3, -0.25) is 19.8 Å². The molecule has 0 bridgehead atoms. The molecule has 3 N–H and O–H groups in total. The minimum atomic E-state index is -0.424. The van der Waals surface area contributed by atoms with Gasteiger partial charge in [0.15, 0.2) is 0 Å². The van der Waals surface area contributed by atoms with Gasteiger partial charge in [0.1, 0.15) is 0 Å². The van der Waals surface area contributed by atoms with Crippen LogP contribution in [0.25, 0.3) is 11.0 Å². The number of hydrogen-bond acceptors (Lipinski definition) is 4. The number of imide groups is 1. The molecule has 2 aromatic carbocycles. The molecule has 26 heavy (non-hydrogen) atoms. The Labute approximate surface area is 148 Å². The maximum atomic E-state index is 12.5. The second-order valence-electron chi connectivity index (χ2n) is 5.90. The highest BCUT2D eigenvalue weighted by Gasteiger charge is 2.28. The lowest BCUT2D eigenvalue weighted by Gasteiger charge is -2.13. The average Bonchev–Trinajstić information content (AvgIpc) is 3.19. The predicted octanol–water partition coefficient (Wildman–Crippen LogP) is 1.87. The zero-order chi connectivity index (χ0) is 18.1. The second-order valence-corrected chi connectivity index (χ2v) is 5.90. The molecule has 1 saturated heterocycles. The fourth-order valence-electron chi connectivity index (χ4n) is 2.80. The van der Waals surface area contributed by atoms with Crippen molar-refractivity contribution < 1.29 is 14.4 Å². The van der Waals surface area contributed by atoms with Crippen LogP contribution in [0.2, 0.25) is 0 Å². The van der Waals surface area contributed by atoms with Gasteiger partial charge in [-0.25, -0.2) is 9.78 Å². The van der Waals surface area contributed by atoms with E-state index in [0.29, 0.717) is 17.1 Å². The molecule has 0 radical (unpaired) electrons. The normalized spacial score (nSPS) is 13.9. The van der Waals surface area contributed by atoms with Crippen LogP contribution < -0.4 is 10.6 Å². The molecule has 1 aromatic heterocycles.